The molecule has 2 fully saturated rings. The molecule has 2 rings (SSSR count). The molecule has 0 aromatic heterocycles. The maximum atomic E-state index is 11.3. The van der Waals surface area contributed by atoms with E-state index in [9.17, 15) is 9.59 Å². The Morgan fingerprint density at radius 3 is 1.57 bits per heavy atom. The second-order valence-corrected chi connectivity index (χ2v) is 3.97. The summed E-state index contributed by atoms with van der Waals surface area (Å²) in [6.07, 6.45) is 3.33. The number of hydrogen-bond acceptors (Lipinski definition) is 2. The SMILES string of the molecule is O=C1CCCN1CCN1CCCC1=O. The first-order chi connectivity index (χ1) is 6.77. The first-order valence-corrected chi connectivity index (χ1v) is 5.33. The van der Waals surface area contributed by atoms with Gasteiger partial charge in [-0.05, 0) is 12.8 Å². The molecule has 14 heavy (non-hydrogen) atoms. The van der Waals surface area contributed by atoms with Crippen molar-refractivity contribution < 1.29 is 9.59 Å². The van der Waals surface area contributed by atoms with Crippen LogP contribution in [0.3, 0.4) is 0 Å². The highest BCUT2D eigenvalue weighted by Crippen LogP contribution is 2.12. The first kappa shape index (κ1) is 9.49. The van der Waals surface area contributed by atoms with Crippen molar-refractivity contribution in [1.82, 2.24) is 9.80 Å². The molecule has 2 saturated heterocycles. The van der Waals surface area contributed by atoms with Crippen molar-refractivity contribution in [1.29, 1.82) is 0 Å². The van der Waals surface area contributed by atoms with Crippen LogP contribution in [0.5, 0.6) is 0 Å². The topological polar surface area (TPSA) is 40.6 Å². The summed E-state index contributed by atoms with van der Waals surface area (Å²) in [7, 11) is 0. The molecule has 0 aromatic carbocycles. The Morgan fingerprint density at radius 1 is 0.857 bits per heavy atom. The van der Waals surface area contributed by atoms with E-state index in [2.05, 4.69) is 0 Å². The maximum Gasteiger partial charge on any atom is 0.222 e. The summed E-state index contributed by atoms with van der Waals surface area (Å²) in [5.74, 6) is 0.494. The molecule has 78 valence electrons. The lowest BCUT2D eigenvalue weighted by Crippen LogP contribution is -2.36. The molecule has 0 atom stereocenters. The van der Waals surface area contributed by atoms with Crippen molar-refractivity contribution in [3.8, 4) is 0 Å². The Bertz CT molecular complexity index is 227. The second-order valence-electron chi connectivity index (χ2n) is 3.97. The Kier molecular flexibility index (Phi) is 2.70. The molecule has 0 unspecified atom stereocenters. The monoisotopic (exact) mass is 196 g/mol. The van der Waals surface area contributed by atoms with Gasteiger partial charge in [-0.2, -0.15) is 0 Å². The molecule has 0 radical (unpaired) electrons. The van der Waals surface area contributed by atoms with Crippen LogP contribution in [0.4, 0.5) is 0 Å². The molecule has 2 amide bonds. The largest absolute Gasteiger partial charge is 0.341 e. The van der Waals surface area contributed by atoms with Crippen LogP contribution in [0.1, 0.15) is 25.7 Å². The number of carbonyl (C=O) groups is 2. The molecule has 0 N–H and O–H groups in total. The number of hydrogen-bond donors (Lipinski definition) is 0. The zero-order chi connectivity index (χ0) is 9.97. The normalized spacial score (nSPS) is 22.6. The number of nitrogens with zero attached hydrogens (tertiary/aromatic N) is 2. The van der Waals surface area contributed by atoms with E-state index in [0.29, 0.717) is 12.8 Å². The molecule has 0 aromatic rings. The third kappa shape index (κ3) is 1.89. The van der Waals surface area contributed by atoms with E-state index in [-0.39, 0.29) is 11.8 Å². The van der Waals surface area contributed by atoms with E-state index in [1.165, 1.54) is 0 Å². The van der Waals surface area contributed by atoms with Gasteiger partial charge in [0.15, 0.2) is 0 Å². The van der Waals surface area contributed by atoms with Crippen molar-refractivity contribution >= 4 is 11.8 Å². The van der Waals surface area contributed by atoms with Crippen molar-refractivity contribution in [2.75, 3.05) is 26.2 Å². The third-order valence-electron chi connectivity index (χ3n) is 2.98. The smallest absolute Gasteiger partial charge is 0.222 e. The van der Waals surface area contributed by atoms with Crippen LogP contribution < -0.4 is 0 Å². The molecule has 4 nitrogen and oxygen atoms in total. The number of carbonyl (C=O) groups excluding carboxylic acids is 2. The summed E-state index contributed by atoms with van der Waals surface area (Å²) >= 11 is 0. The van der Waals surface area contributed by atoms with Crippen LogP contribution in [0, 0.1) is 0 Å². The predicted molar refractivity (Wildman–Crippen MR) is 51.6 cm³/mol. The third-order valence-corrected chi connectivity index (χ3v) is 2.98. The quantitative estimate of drug-likeness (QED) is 0.648. The van der Waals surface area contributed by atoms with Crippen LogP contribution in [0.2, 0.25) is 0 Å². The molecule has 2 aliphatic rings. The van der Waals surface area contributed by atoms with Crippen LogP contribution in [0.25, 0.3) is 0 Å². The Labute approximate surface area is 83.9 Å². The number of likely N-dealkylation sites (tertiary alicyclic amines) is 2. The molecular weight excluding hydrogens is 180 g/mol. The van der Waals surface area contributed by atoms with Gasteiger partial charge in [-0.25, -0.2) is 0 Å². The lowest BCUT2D eigenvalue weighted by atomic mass is 10.4. The highest BCUT2D eigenvalue weighted by atomic mass is 16.2. The fourth-order valence-corrected chi connectivity index (χ4v) is 2.12. The van der Waals surface area contributed by atoms with Crippen LogP contribution in [0.15, 0.2) is 0 Å². The minimum atomic E-state index is 0.247. The zero-order valence-corrected chi connectivity index (χ0v) is 8.37. The van der Waals surface area contributed by atoms with Gasteiger partial charge in [-0.1, -0.05) is 0 Å². The van der Waals surface area contributed by atoms with E-state index in [1.807, 2.05) is 9.80 Å². The van der Waals surface area contributed by atoms with Gasteiger partial charge in [0.2, 0.25) is 11.8 Å². The summed E-state index contributed by atoms with van der Waals surface area (Å²) in [6.45, 7) is 3.21. The maximum absolute atomic E-state index is 11.3. The summed E-state index contributed by atoms with van der Waals surface area (Å²) < 4.78 is 0. The zero-order valence-electron chi connectivity index (χ0n) is 8.37. The lowest BCUT2D eigenvalue weighted by molar-refractivity contribution is -0.131. The number of amides is 2. The molecule has 4 heteroatoms. The minimum Gasteiger partial charge on any atom is -0.341 e. The Hall–Kier alpha value is -1.06. The van der Waals surface area contributed by atoms with Gasteiger partial charge >= 0.3 is 0 Å². The molecule has 2 heterocycles. The summed E-state index contributed by atoms with van der Waals surface area (Å²) in [5, 5.41) is 0. The summed E-state index contributed by atoms with van der Waals surface area (Å²) in [6, 6.07) is 0. The average Bonchev–Trinajstić information content (AvgIpc) is 2.72. The van der Waals surface area contributed by atoms with Crippen LogP contribution >= 0.6 is 0 Å². The van der Waals surface area contributed by atoms with Gasteiger partial charge in [0.05, 0.1) is 0 Å². The van der Waals surface area contributed by atoms with Gasteiger partial charge in [0.1, 0.15) is 0 Å². The van der Waals surface area contributed by atoms with Gasteiger partial charge in [0.25, 0.3) is 0 Å². The van der Waals surface area contributed by atoms with Gasteiger partial charge < -0.3 is 9.80 Å². The predicted octanol–water partition coefficient (Wildman–Crippen LogP) is 0.231. The van der Waals surface area contributed by atoms with Crippen molar-refractivity contribution in [2.24, 2.45) is 0 Å². The Balaban J connectivity index is 1.76. The van der Waals surface area contributed by atoms with Gasteiger partial charge in [-0.15, -0.1) is 0 Å². The molecule has 2 aliphatic heterocycles. The highest BCUT2D eigenvalue weighted by molar-refractivity contribution is 5.79. The van der Waals surface area contributed by atoms with E-state index in [4.69, 9.17) is 0 Å². The second kappa shape index (κ2) is 3.98. The van der Waals surface area contributed by atoms with Crippen LogP contribution in [-0.2, 0) is 9.59 Å². The lowest BCUT2D eigenvalue weighted by Gasteiger charge is -2.20. The van der Waals surface area contributed by atoms with Crippen molar-refractivity contribution in [3.63, 3.8) is 0 Å². The minimum absolute atomic E-state index is 0.247. The summed E-state index contributed by atoms with van der Waals surface area (Å²) in [4.78, 5) is 26.3. The van der Waals surface area contributed by atoms with Crippen molar-refractivity contribution in [3.05, 3.63) is 0 Å². The fourth-order valence-electron chi connectivity index (χ4n) is 2.12. The Morgan fingerprint density at radius 2 is 1.29 bits per heavy atom. The molecular formula is C10H16N2O2. The molecule has 0 saturated carbocycles. The molecule has 0 spiro atoms. The van der Waals surface area contributed by atoms with E-state index in [1.54, 1.807) is 0 Å². The van der Waals surface area contributed by atoms with Gasteiger partial charge in [0, 0.05) is 39.0 Å². The van der Waals surface area contributed by atoms with Gasteiger partial charge in [-0.3, -0.25) is 9.59 Å². The first-order valence-electron chi connectivity index (χ1n) is 5.33. The molecule has 0 aliphatic carbocycles. The van der Waals surface area contributed by atoms with E-state index in [0.717, 1.165) is 39.0 Å². The number of rotatable bonds is 3. The van der Waals surface area contributed by atoms with Crippen LogP contribution in [-0.4, -0.2) is 47.8 Å². The summed E-state index contributed by atoms with van der Waals surface area (Å²) in [5.41, 5.74) is 0. The van der Waals surface area contributed by atoms with E-state index >= 15 is 0 Å². The highest BCUT2D eigenvalue weighted by Gasteiger charge is 2.23. The van der Waals surface area contributed by atoms with Crippen molar-refractivity contribution in [2.45, 2.75) is 25.7 Å². The van der Waals surface area contributed by atoms with E-state index < -0.39 is 0 Å². The fraction of sp³-hybridized carbons (Fsp3) is 0.800. The average molecular weight is 196 g/mol. The standard InChI is InChI=1S/C10H16N2O2/c13-9-3-1-5-11(9)7-8-12-6-2-4-10(12)14/h1-8H2. The molecule has 0 bridgehead atoms.